The van der Waals surface area contributed by atoms with Gasteiger partial charge >= 0.3 is 5.97 Å². The number of carbonyl (C=O) groups is 1. The summed E-state index contributed by atoms with van der Waals surface area (Å²) in [4.78, 5) is 26.1. The van der Waals surface area contributed by atoms with Gasteiger partial charge in [-0.25, -0.2) is 9.78 Å². The molecule has 2 aromatic rings. The van der Waals surface area contributed by atoms with Gasteiger partial charge in [0.1, 0.15) is 0 Å². The lowest BCUT2D eigenvalue weighted by Gasteiger charge is -2.07. The van der Waals surface area contributed by atoms with Crippen molar-refractivity contribution >= 4 is 29.1 Å². The number of ether oxygens (including phenoxy) is 2. The molecule has 114 valence electrons. The van der Waals surface area contributed by atoms with Crippen LogP contribution in [0.15, 0.2) is 29.7 Å². The quantitative estimate of drug-likeness (QED) is 0.276. The van der Waals surface area contributed by atoms with Gasteiger partial charge in [0.25, 0.3) is 5.69 Å². The Balaban J connectivity index is 2.15. The molecule has 0 N–H and O–H groups in total. The summed E-state index contributed by atoms with van der Waals surface area (Å²) in [5.41, 5.74) is 0.452. The van der Waals surface area contributed by atoms with Crippen LogP contribution in [-0.4, -0.2) is 23.0 Å². The topological polar surface area (TPSA) is 91.6 Å². The van der Waals surface area contributed by atoms with E-state index in [0.29, 0.717) is 5.69 Å². The average molecular weight is 320 g/mol. The van der Waals surface area contributed by atoms with Crippen LogP contribution >= 0.6 is 11.3 Å². The zero-order valence-corrected chi connectivity index (χ0v) is 12.6. The number of hydrogen-bond acceptors (Lipinski definition) is 7. The molecule has 0 amide bonds. The van der Waals surface area contributed by atoms with Crippen molar-refractivity contribution in [3.8, 4) is 11.5 Å². The zero-order chi connectivity index (χ0) is 16.1. The zero-order valence-electron chi connectivity index (χ0n) is 11.8. The largest absolute Gasteiger partial charge is 0.493 e. The molecule has 0 spiro atoms. The van der Waals surface area contributed by atoms with Crippen molar-refractivity contribution < 1.29 is 19.2 Å². The minimum atomic E-state index is -0.676. The molecule has 8 heteroatoms. The normalized spacial score (nSPS) is 10.6. The Morgan fingerprint density at radius 3 is 2.77 bits per heavy atom. The van der Waals surface area contributed by atoms with Crippen molar-refractivity contribution in [1.82, 2.24) is 4.98 Å². The van der Waals surface area contributed by atoms with Gasteiger partial charge < -0.3 is 9.47 Å². The van der Waals surface area contributed by atoms with E-state index in [4.69, 9.17) is 9.47 Å². The van der Waals surface area contributed by atoms with Gasteiger partial charge in [-0.2, -0.15) is 0 Å². The summed E-state index contributed by atoms with van der Waals surface area (Å²) in [6.07, 6.45) is 2.71. The van der Waals surface area contributed by atoms with Crippen molar-refractivity contribution in [2.24, 2.45) is 0 Å². The summed E-state index contributed by atoms with van der Waals surface area (Å²) in [5.74, 6) is -0.456. The Morgan fingerprint density at radius 1 is 1.41 bits per heavy atom. The predicted octanol–water partition coefficient (Wildman–Crippen LogP) is 2.99. The van der Waals surface area contributed by atoms with E-state index in [2.05, 4.69) is 4.98 Å². The Morgan fingerprint density at radius 2 is 2.18 bits per heavy atom. The number of nitrogens with zero attached hydrogens (tertiary/aromatic N) is 2. The summed E-state index contributed by atoms with van der Waals surface area (Å²) in [6, 6.07) is 3.77. The summed E-state index contributed by atoms with van der Waals surface area (Å²) < 4.78 is 10.1. The average Bonchev–Trinajstić information content (AvgIpc) is 2.90. The number of non-ortho nitro benzene ring substituents is 1. The minimum Gasteiger partial charge on any atom is -0.493 e. The standard InChI is InChI=1S/C14H12N2O5S/c1-9-15-10(8-22-9)3-6-14(17)21-13-7-11(16(18)19)4-5-12(13)20-2/h3-8H,1-2H3/b6-3+. The van der Waals surface area contributed by atoms with Crippen LogP contribution < -0.4 is 9.47 Å². The smallest absolute Gasteiger partial charge is 0.336 e. The number of aromatic nitrogens is 1. The number of nitro groups is 1. The van der Waals surface area contributed by atoms with E-state index in [0.717, 1.165) is 11.1 Å². The molecule has 22 heavy (non-hydrogen) atoms. The van der Waals surface area contributed by atoms with Crippen LogP contribution in [0.1, 0.15) is 10.7 Å². The number of benzene rings is 1. The minimum absolute atomic E-state index is 0.0131. The third-order valence-electron chi connectivity index (χ3n) is 2.60. The van der Waals surface area contributed by atoms with Crippen molar-refractivity contribution in [3.63, 3.8) is 0 Å². The van der Waals surface area contributed by atoms with E-state index in [1.807, 2.05) is 6.92 Å². The number of aryl methyl sites for hydroxylation is 1. The molecule has 0 aliphatic carbocycles. The van der Waals surface area contributed by atoms with Gasteiger partial charge in [0.05, 0.1) is 28.8 Å². The number of esters is 1. The summed E-state index contributed by atoms with van der Waals surface area (Å²) in [5, 5.41) is 13.4. The number of hydrogen-bond donors (Lipinski definition) is 0. The molecular formula is C14H12N2O5S. The Hall–Kier alpha value is -2.74. The molecule has 1 heterocycles. The molecule has 2 rings (SSSR count). The molecule has 7 nitrogen and oxygen atoms in total. The van der Waals surface area contributed by atoms with E-state index < -0.39 is 10.9 Å². The van der Waals surface area contributed by atoms with Gasteiger partial charge in [-0.05, 0) is 19.1 Å². The number of carbonyl (C=O) groups excluding carboxylic acids is 1. The first-order chi connectivity index (χ1) is 10.5. The lowest BCUT2D eigenvalue weighted by Crippen LogP contribution is -2.05. The van der Waals surface area contributed by atoms with Gasteiger partial charge in [-0.3, -0.25) is 10.1 Å². The molecule has 0 saturated carbocycles. The second-order valence-corrected chi connectivity index (χ2v) is 5.20. The van der Waals surface area contributed by atoms with Gasteiger partial charge in [0.15, 0.2) is 11.5 Å². The van der Waals surface area contributed by atoms with Crippen LogP contribution in [0.2, 0.25) is 0 Å². The fraction of sp³-hybridized carbons (Fsp3) is 0.143. The van der Waals surface area contributed by atoms with Crippen molar-refractivity contribution in [1.29, 1.82) is 0 Å². The van der Waals surface area contributed by atoms with E-state index in [1.165, 1.54) is 42.7 Å². The highest BCUT2D eigenvalue weighted by Gasteiger charge is 2.14. The summed E-state index contributed by atoms with van der Waals surface area (Å²) in [6.45, 7) is 1.86. The Labute approximate surface area is 130 Å². The molecule has 1 aromatic carbocycles. The molecule has 0 atom stereocenters. The number of thiazole rings is 1. The fourth-order valence-corrected chi connectivity index (χ4v) is 2.19. The fourth-order valence-electron chi connectivity index (χ4n) is 1.61. The molecule has 0 aliphatic heterocycles. The van der Waals surface area contributed by atoms with Crippen LogP contribution in [0.25, 0.3) is 6.08 Å². The SMILES string of the molecule is COc1ccc([N+](=O)[O-])cc1OC(=O)/C=C/c1csc(C)n1. The highest BCUT2D eigenvalue weighted by molar-refractivity contribution is 7.09. The maximum Gasteiger partial charge on any atom is 0.336 e. The van der Waals surface area contributed by atoms with Gasteiger partial charge in [-0.15, -0.1) is 11.3 Å². The predicted molar refractivity (Wildman–Crippen MR) is 81.2 cm³/mol. The first-order valence-electron chi connectivity index (χ1n) is 6.14. The first kappa shape index (κ1) is 15.6. The third-order valence-corrected chi connectivity index (χ3v) is 3.39. The first-order valence-corrected chi connectivity index (χ1v) is 7.02. The highest BCUT2D eigenvalue weighted by atomic mass is 32.1. The molecule has 0 bridgehead atoms. The van der Waals surface area contributed by atoms with Crippen LogP contribution in [0.3, 0.4) is 0 Å². The van der Waals surface area contributed by atoms with Crippen molar-refractivity contribution in [2.75, 3.05) is 7.11 Å². The second-order valence-electron chi connectivity index (χ2n) is 4.14. The summed E-state index contributed by atoms with van der Waals surface area (Å²) >= 11 is 1.46. The Kier molecular flexibility index (Phi) is 4.84. The van der Waals surface area contributed by atoms with Gasteiger partial charge in [0.2, 0.25) is 0 Å². The molecule has 0 aliphatic rings. The van der Waals surface area contributed by atoms with Crippen LogP contribution in [0, 0.1) is 17.0 Å². The van der Waals surface area contributed by atoms with E-state index >= 15 is 0 Å². The van der Waals surface area contributed by atoms with Gasteiger partial charge in [0, 0.05) is 17.5 Å². The van der Waals surface area contributed by atoms with E-state index in [9.17, 15) is 14.9 Å². The van der Waals surface area contributed by atoms with Crippen LogP contribution in [-0.2, 0) is 4.79 Å². The van der Waals surface area contributed by atoms with Crippen LogP contribution in [0.5, 0.6) is 11.5 Å². The number of rotatable bonds is 5. The Bertz CT molecular complexity index is 739. The third kappa shape index (κ3) is 3.89. The number of nitro benzene ring substituents is 1. The molecule has 1 aromatic heterocycles. The monoisotopic (exact) mass is 320 g/mol. The lowest BCUT2D eigenvalue weighted by molar-refractivity contribution is -0.384. The highest BCUT2D eigenvalue weighted by Crippen LogP contribution is 2.31. The summed E-state index contributed by atoms with van der Waals surface area (Å²) in [7, 11) is 1.38. The molecular weight excluding hydrogens is 308 g/mol. The molecule has 0 unspecified atom stereocenters. The molecule has 0 fully saturated rings. The number of methoxy groups -OCH3 is 1. The van der Waals surface area contributed by atoms with Crippen LogP contribution in [0.4, 0.5) is 5.69 Å². The van der Waals surface area contributed by atoms with Crippen molar-refractivity contribution in [2.45, 2.75) is 6.92 Å². The maximum absolute atomic E-state index is 11.8. The van der Waals surface area contributed by atoms with Crippen molar-refractivity contribution in [3.05, 3.63) is 50.5 Å². The van der Waals surface area contributed by atoms with E-state index in [1.54, 1.807) is 5.38 Å². The van der Waals surface area contributed by atoms with E-state index in [-0.39, 0.29) is 17.2 Å². The van der Waals surface area contributed by atoms with Gasteiger partial charge in [-0.1, -0.05) is 0 Å². The molecule has 0 saturated heterocycles. The lowest BCUT2D eigenvalue weighted by atomic mass is 10.3. The molecule has 0 radical (unpaired) electrons. The maximum atomic E-state index is 11.8. The second kappa shape index (κ2) is 6.81.